The summed E-state index contributed by atoms with van der Waals surface area (Å²) in [6.45, 7) is 12.7. The van der Waals surface area contributed by atoms with Gasteiger partial charge in [0.15, 0.2) is 5.96 Å². The molecule has 0 saturated heterocycles. The summed E-state index contributed by atoms with van der Waals surface area (Å²) < 4.78 is 5.31. The fourth-order valence-corrected chi connectivity index (χ4v) is 1.63. The molecule has 0 aliphatic heterocycles. The molecule has 1 aromatic heterocycles. The lowest BCUT2D eigenvalue weighted by molar-refractivity contribution is 0.506. The van der Waals surface area contributed by atoms with Gasteiger partial charge in [-0.25, -0.2) is 4.99 Å². The second-order valence-electron chi connectivity index (χ2n) is 5.49. The Kier molecular flexibility index (Phi) is 11.1. The Balaban J connectivity index is 0.00000400. The number of halogens is 1. The molecule has 120 valence electrons. The van der Waals surface area contributed by atoms with Crippen molar-refractivity contribution in [3.8, 4) is 0 Å². The lowest BCUT2D eigenvalue weighted by Crippen LogP contribution is -2.39. The highest BCUT2D eigenvalue weighted by Gasteiger charge is 2.01. The summed E-state index contributed by atoms with van der Waals surface area (Å²) in [7, 11) is 0. The molecular weight excluding hydrogens is 377 g/mol. The highest BCUT2D eigenvalue weighted by molar-refractivity contribution is 14.0. The molecule has 4 nitrogen and oxygen atoms in total. The minimum absolute atomic E-state index is 0. The average Bonchev–Trinajstić information content (AvgIpc) is 2.87. The van der Waals surface area contributed by atoms with Gasteiger partial charge in [-0.1, -0.05) is 26.0 Å². The van der Waals surface area contributed by atoms with Crippen LogP contribution in [0.2, 0.25) is 0 Å². The first-order valence-electron chi connectivity index (χ1n) is 7.27. The smallest absolute Gasteiger partial charge is 0.191 e. The molecule has 0 atom stereocenters. The van der Waals surface area contributed by atoms with Crippen molar-refractivity contribution in [2.24, 2.45) is 10.9 Å². The lowest BCUT2D eigenvalue weighted by atomic mass is 10.1. The molecule has 5 heteroatoms. The molecule has 0 aliphatic carbocycles. The third-order valence-electron chi connectivity index (χ3n) is 2.77. The zero-order chi connectivity index (χ0) is 14.8. The zero-order valence-corrected chi connectivity index (χ0v) is 15.6. The van der Waals surface area contributed by atoms with Gasteiger partial charge in [0.25, 0.3) is 0 Å². The van der Waals surface area contributed by atoms with Gasteiger partial charge in [0, 0.05) is 19.5 Å². The van der Waals surface area contributed by atoms with E-state index in [-0.39, 0.29) is 24.0 Å². The van der Waals surface area contributed by atoms with Crippen LogP contribution in [-0.4, -0.2) is 25.6 Å². The SMILES string of the molecule is C=C(C)CN=C(NCCc1ccco1)NCCC(C)C.I. The molecule has 0 radical (unpaired) electrons. The number of nitrogens with zero attached hydrogens (tertiary/aromatic N) is 1. The molecule has 1 rings (SSSR count). The lowest BCUT2D eigenvalue weighted by Gasteiger charge is -2.13. The largest absolute Gasteiger partial charge is 0.469 e. The summed E-state index contributed by atoms with van der Waals surface area (Å²) in [5.41, 5.74) is 1.06. The molecule has 0 saturated carbocycles. The molecule has 0 amide bonds. The van der Waals surface area contributed by atoms with Crippen LogP contribution in [0, 0.1) is 5.92 Å². The monoisotopic (exact) mass is 405 g/mol. The molecular formula is C16H28IN3O. The quantitative estimate of drug-likeness (QED) is 0.301. The first-order valence-corrected chi connectivity index (χ1v) is 7.27. The van der Waals surface area contributed by atoms with Gasteiger partial charge < -0.3 is 15.1 Å². The normalized spacial score (nSPS) is 11.1. The minimum Gasteiger partial charge on any atom is -0.469 e. The molecule has 0 fully saturated rings. The molecule has 2 N–H and O–H groups in total. The molecule has 0 unspecified atom stereocenters. The van der Waals surface area contributed by atoms with E-state index in [4.69, 9.17) is 4.42 Å². The number of guanidine groups is 1. The number of aliphatic imine (C=N–C) groups is 1. The number of hydrogen-bond acceptors (Lipinski definition) is 2. The fourth-order valence-electron chi connectivity index (χ4n) is 1.63. The Morgan fingerprint density at radius 2 is 2.05 bits per heavy atom. The van der Waals surface area contributed by atoms with Crippen molar-refractivity contribution in [3.05, 3.63) is 36.3 Å². The first kappa shape index (κ1) is 20.0. The summed E-state index contributed by atoms with van der Waals surface area (Å²) in [4.78, 5) is 4.50. The Morgan fingerprint density at radius 3 is 2.62 bits per heavy atom. The van der Waals surface area contributed by atoms with E-state index in [0.717, 1.165) is 43.2 Å². The Hall–Kier alpha value is -0.980. The summed E-state index contributed by atoms with van der Waals surface area (Å²) >= 11 is 0. The van der Waals surface area contributed by atoms with Crippen molar-refractivity contribution in [2.75, 3.05) is 19.6 Å². The second-order valence-corrected chi connectivity index (χ2v) is 5.49. The number of furan rings is 1. The van der Waals surface area contributed by atoms with Crippen LogP contribution in [-0.2, 0) is 6.42 Å². The Bertz CT molecular complexity index is 413. The number of nitrogens with one attached hydrogen (secondary N) is 2. The maximum Gasteiger partial charge on any atom is 0.191 e. The van der Waals surface area contributed by atoms with Crippen LogP contribution in [0.3, 0.4) is 0 Å². The van der Waals surface area contributed by atoms with E-state index in [1.54, 1.807) is 6.26 Å². The first-order chi connectivity index (χ1) is 9.58. The predicted octanol–water partition coefficient (Wildman–Crippen LogP) is 3.60. The third-order valence-corrected chi connectivity index (χ3v) is 2.77. The summed E-state index contributed by atoms with van der Waals surface area (Å²) in [6.07, 6.45) is 3.68. The van der Waals surface area contributed by atoms with Gasteiger partial charge in [-0.05, 0) is 31.4 Å². The van der Waals surface area contributed by atoms with Crippen molar-refractivity contribution >= 4 is 29.9 Å². The van der Waals surface area contributed by atoms with Crippen molar-refractivity contribution < 1.29 is 4.42 Å². The van der Waals surface area contributed by atoms with Gasteiger partial charge >= 0.3 is 0 Å². The van der Waals surface area contributed by atoms with Crippen molar-refractivity contribution in [1.29, 1.82) is 0 Å². The minimum atomic E-state index is 0. The van der Waals surface area contributed by atoms with E-state index in [2.05, 4.69) is 36.1 Å². The van der Waals surface area contributed by atoms with Gasteiger partial charge in [-0.2, -0.15) is 0 Å². The maximum absolute atomic E-state index is 5.31. The summed E-state index contributed by atoms with van der Waals surface area (Å²) in [6, 6.07) is 3.89. The van der Waals surface area contributed by atoms with E-state index in [1.165, 1.54) is 0 Å². The molecule has 0 bridgehead atoms. The molecule has 1 aromatic rings. The predicted molar refractivity (Wildman–Crippen MR) is 100 cm³/mol. The summed E-state index contributed by atoms with van der Waals surface area (Å²) in [5, 5.41) is 6.68. The van der Waals surface area contributed by atoms with E-state index in [0.29, 0.717) is 12.5 Å². The average molecular weight is 405 g/mol. The van der Waals surface area contributed by atoms with E-state index in [9.17, 15) is 0 Å². The van der Waals surface area contributed by atoms with Gasteiger partial charge in [0.05, 0.1) is 12.8 Å². The maximum atomic E-state index is 5.31. The molecule has 1 heterocycles. The summed E-state index contributed by atoms with van der Waals surface area (Å²) in [5.74, 6) is 2.52. The highest BCUT2D eigenvalue weighted by atomic mass is 127. The Labute approximate surface area is 145 Å². The van der Waals surface area contributed by atoms with Crippen LogP contribution in [0.1, 0.15) is 33.0 Å². The van der Waals surface area contributed by atoms with Crippen LogP contribution in [0.25, 0.3) is 0 Å². The van der Waals surface area contributed by atoms with Gasteiger partial charge in [-0.3, -0.25) is 0 Å². The number of rotatable bonds is 8. The number of hydrogen-bond donors (Lipinski definition) is 2. The third kappa shape index (κ3) is 10.4. The fraction of sp³-hybridized carbons (Fsp3) is 0.562. The van der Waals surface area contributed by atoms with E-state index >= 15 is 0 Å². The zero-order valence-electron chi connectivity index (χ0n) is 13.3. The molecule has 0 aliphatic rings. The highest BCUT2D eigenvalue weighted by Crippen LogP contribution is 2.00. The van der Waals surface area contributed by atoms with Crippen LogP contribution < -0.4 is 10.6 Å². The van der Waals surface area contributed by atoms with E-state index < -0.39 is 0 Å². The van der Waals surface area contributed by atoms with Crippen molar-refractivity contribution in [3.63, 3.8) is 0 Å². The van der Waals surface area contributed by atoms with Gasteiger partial charge in [0.2, 0.25) is 0 Å². The van der Waals surface area contributed by atoms with Crippen LogP contribution >= 0.6 is 24.0 Å². The van der Waals surface area contributed by atoms with Crippen LogP contribution in [0.15, 0.2) is 40.0 Å². The molecule has 21 heavy (non-hydrogen) atoms. The van der Waals surface area contributed by atoms with Gasteiger partial charge in [-0.15, -0.1) is 24.0 Å². The topological polar surface area (TPSA) is 49.6 Å². The Morgan fingerprint density at radius 1 is 1.33 bits per heavy atom. The van der Waals surface area contributed by atoms with Gasteiger partial charge in [0.1, 0.15) is 5.76 Å². The van der Waals surface area contributed by atoms with Crippen LogP contribution in [0.4, 0.5) is 0 Å². The van der Waals surface area contributed by atoms with E-state index in [1.807, 2.05) is 19.1 Å². The second kappa shape index (κ2) is 11.7. The molecule has 0 aromatic carbocycles. The standard InChI is InChI=1S/C16H27N3O.HI/c1-13(2)7-9-17-16(19-12-14(3)4)18-10-8-15-6-5-11-20-15;/h5-6,11,13H,3,7-10,12H2,1-2,4H3,(H2,17,18,19);1H. The van der Waals surface area contributed by atoms with Crippen LogP contribution in [0.5, 0.6) is 0 Å². The van der Waals surface area contributed by atoms with Crippen molar-refractivity contribution in [2.45, 2.75) is 33.6 Å². The molecule has 0 spiro atoms. The van der Waals surface area contributed by atoms with Crippen molar-refractivity contribution in [1.82, 2.24) is 10.6 Å².